The lowest BCUT2D eigenvalue weighted by molar-refractivity contribution is 0.0963. The highest BCUT2D eigenvalue weighted by molar-refractivity contribution is 5.94. The quantitative estimate of drug-likeness (QED) is 0.790. The van der Waals surface area contributed by atoms with Gasteiger partial charge in [0.15, 0.2) is 0 Å². The molecule has 1 aromatic carbocycles. The molecule has 0 heterocycles. The Morgan fingerprint density at radius 2 is 1.67 bits per heavy atom. The predicted octanol–water partition coefficient (Wildman–Crippen LogP) is 2.79. The second-order valence-corrected chi connectivity index (χ2v) is 4.26. The van der Waals surface area contributed by atoms with Crippen molar-refractivity contribution in [2.24, 2.45) is 0 Å². The summed E-state index contributed by atoms with van der Waals surface area (Å²) in [5.41, 5.74) is 4.49. The van der Waals surface area contributed by atoms with Crippen molar-refractivity contribution in [3.8, 4) is 0 Å². The Morgan fingerprint density at radius 3 is 2.00 bits per heavy atom. The van der Waals surface area contributed by atoms with Gasteiger partial charge in [-0.1, -0.05) is 13.8 Å². The lowest BCUT2D eigenvalue weighted by Gasteiger charge is -2.15. The Bertz CT molecular complexity index is 357. The first kappa shape index (κ1) is 11.8. The van der Waals surface area contributed by atoms with E-state index in [1.165, 1.54) is 16.7 Å². The predicted molar refractivity (Wildman–Crippen MR) is 63.4 cm³/mol. The molecule has 1 aromatic rings. The van der Waals surface area contributed by atoms with Gasteiger partial charge >= 0.3 is 0 Å². The van der Waals surface area contributed by atoms with E-state index in [1.54, 1.807) is 7.05 Å². The van der Waals surface area contributed by atoms with Crippen LogP contribution in [0.2, 0.25) is 0 Å². The van der Waals surface area contributed by atoms with Gasteiger partial charge in [-0.25, -0.2) is 0 Å². The molecule has 2 heteroatoms. The van der Waals surface area contributed by atoms with Crippen LogP contribution in [-0.2, 0) is 0 Å². The van der Waals surface area contributed by atoms with Crippen LogP contribution in [-0.4, -0.2) is 13.0 Å². The van der Waals surface area contributed by atoms with Crippen LogP contribution in [0.25, 0.3) is 0 Å². The van der Waals surface area contributed by atoms with E-state index in [4.69, 9.17) is 0 Å². The zero-order chi connectivity index (χ0) is 11.6. The van der Waals surface area contributed by atoms with E-state index in [0.29, 0.717) is 5.92 Å². The number of rotatable bonds is 2. The second kappa shape index (κ2) is 4.47. The average Bonchev–Trinajstić information content (AvgIpc) is 2.14. The lowest BCUT2D eigenvalue weighted by Crippen LogP contribution is -2.18. The van der Waals surface area contributed by atoms with Crippen LogP contribution in [0, 0.1) is 13.8 Å². The van der Waals surface area contributed by atoms with Gasteiger partial charge in [0.25, 0.3) is 5.91 Å². The van der Waals surface area contributed by atoms with Crippen molar-refractivity contribution >= 4 is 5.91 Å². The fourth-order valence-electron chi connectivity index (χ4n) is 2.16. The van der Waals surface area contributed by atoms with Crippen molar-refractivity contribution in [1.29, 1.82) is 0 Å². The van der Waals surface area contributed by atoms with Crippen molar-refractivity contribution < 1.29 is 4.79 Å². The molecule has 2 nitrogen and oxygen atoms in total. The zero-order valence-corrected chi connectivity index (χ0v) is 10.1. The number of aryl methyl sites for hydroxylation is 2. The molecule has 15 heavy (non-hydrogen) atoms. The van der Waals surface area contributed by atoms with Gasteiger partial charge in [-0.05, 0) is 48.6 Å². The van der Waals surface area contributed by atoms with Gasteiger partial charge in [0.05, 0.1) is 0 Å². The maximum atomic E-state index is 11.5. The molecule has 1 rings (SSSR count). The smallest absolute Gasteiger partial charge is 0.251 e. The molecule has 1 N–H and O–H groups in total. The first-order valence-electron chi connectivity index (χ1n) is 5.30. The standard InChI is InChI=1S/C13H19NO/c1-8(2)12-9(3)6-11(7-10(12)4)13(15)14-5/h6-8H,1-5H3,(H,14,15). The summed E-state index contributed by atoms with van der Waals surface area (Å²) in [4.78, 5) is 11.5. The van der Waals surface area contributed by atoms with Crippen LogP contribution in [0.1, 0.15) is 46.8 Å². The molecule has 0 saturated heterocycles. The number of hydrogen-bond donors (Lipinski definition) is 1. The van der Waals surface area contributed by atoms with Crippen LogP contribution in [0.15, 0.2) is 12.1 Å². The fourth-order valence-corrected chi connectivity index (χ4v) is 2.16. The van der Waals surface area contributed by atoms with E-state index in [2.05, 4.69) is 33.0 Å². The van der Waals surface area contributed by atoms with Gasteiger partial charge in [0.1, 0.15) is 0 Å². The van der Waals surface area contributed by atoms with Gasteiger partial charge in [-0.15, -0.1) is 0 Å². The van der Waals surface area contributed by atoms with Crippen LogP contribution >= 0.6 is 0 Å². The Hall–Kier alpha value is -1.31. The minimum absolute atomic E-state index is 0.0171. The number of amides is 1. The molecule has 0 aliphatic rings. The van der Waals surface area contributed by atoms with Crippen molar-refractivity contribution in [2.45, 2.75) is 33.6 Å². The van der Waals surface area contributed by atoms with Gasteiger partial charge in [-0.2, -0.15) is 0 Å². The first-order chi connectivity index (χ1) is 6.97. The minimum Gasteiger partial charge on any atom is -0.355 e. The topological polar surface area (TPSA) is 29.1 Å². The van der Waals surface area contributed by atoms with E-state index in [-0.39, 0.29) is 5.91 Å². The minimum atomic E-state index is -0.0171. The first-order valence-corrected chi connectivity index (χ1v) is 5.30. The summed E-state index contributed by atoms with van der Waals surface area (Å²) in [5.74, 6) is 0.486. The summed E-state index contributed by atoms with van der Waals surface area (Å²) >= 11 is 0. The number of nitrogens with one attached hydrogen (secondary N) is 1. The summed E-state index contributed by atoms with van der Waals surface area (Å²) in [5, 5.41) is 2.65. The van der Waals surface area contributed by atoms with Crippen molar-refractivity contribution in [3.05, 3.63) is 34.4 Å². The van der Waals surface area contributed by atoms with E-state index in [0.717, 1.165) is 5.56 Å². The third-order valence-corrected chi connectivity index (χ3v) is 2.66. The Kier molecular flexibility index (Phi) is 3.51. The highest BCUT2D eigenvalue weighted by Crippen LogP contribution is 2.24. The molecule has 0 aromatic heterocycles. The Morgan fingerprint density at radius 1 is 1.20 bits per heavy atom. The summed E-state index contributed by atoms with van der Waals surface area (Å²) in [7, 11) is 1.66. The maximum absolute atomic E-state index is 11.5. The Balaban J connectivity index is 3.25. The fraction of sp³-hybridized carbons (Fsp3) is 0.462. The monoisotopic (exact) mass is 205 g/mol. The van der Waals surface area contributed by atoms with Crippen molar-refractivity contribution in [1.82, 2.24) is 5.32 Å². The summed E-state index contributed by atoms with van der Waals surface area (Å²) in [6.07, 6.45) is 0. The highest BCUT2D eigenvalue weighted by atomic mass is 16.1. The molecule has 0 aliphatic heterocycles. The number of hydrogen-bond acceptors (Lipinski definition) is 1. The van der Waals surface area contributed by atoms with Crippen molar-refractivity contribution in [2.75, 3.05) is 7.05 Å². The molecule has 0 bridgehead atoms. The number of carbonyl (C=O) groups is 1. The molecule has 0 atom stereocenters. The van der Waals surface area contributed by atoms with Gasteiger partial charge < -0.3 is 5.32 Å². The molecule has 0 spiro atoms. The van der Waals surface area contributed by atoms with E-state index < -0.39 is 0 Å². The van der Waals surface area contributed by atoms with Crippen LogP contribution in [0.4, 0.5) is 0 Å². The van der Waals surface area contributed by atoms with Gasteiger partial charge in [0, 0.05) is 12.6 Å². The van der Waals surface area contributed by atoms with E-state index in [1.807, 2.05) is 12.1 Å². The molecule has 0 saturated carbocycles. The SMILES string of the molecule is CNC(=O)c1cc(C)c(C(C)C)c(C)c1. The molecular weight excluding hydrogens is 186 g/mol. The van der Waals surface area contributed by atoms with E-state index >= 15 is 0 Å². The third-order valence-electron chi connectivity index (χ3n) is 2.66. The summed E-state index contributed by atoms with van der Waals surface area (Å²) in [6, 6.07) is 3.92. The molecule has 0 unspecified atom stereocenters. The van der Waals surface area contributed by atoms with Crippen molar-refractivity contribution in [3.63, 3.8) is 0 Å². The number of benzene rings is 1. The van der Waals surface area contributed by atoms with E-state index in [9.17, 15) is 4.79 Å². The van der Waals surface area contributed by atoms with Crippen LogP contribution in [0.3, 0.4) is 0 Å². The molecule has 0 fully saturated rings. The van der Waals surface area contributed by atoms with Crippen LogP contribution < -0.4 is 5.32 Å². The normalized spacial score (nSPS) is 10.5. The molecule has 0 radical (unpaired) electrons. The zero-order valence-electron chi connectivity index (χ0n) is 10.1. The highest BCUT2D eigenvalue weighted by Gasteiger charge is 2.11. The van der Waals surface area contributed by atoms with Crippen LogP contribution in [0.5, 0.6) is 0 Å². The number of carbonyl (C=O) groups excluding carboxylic acids is 1. The van der Waals surface area contributed by atoms with Gasteiger partial charge in [0.2, 0.25) is 0 Å². The summed E-state index contributed by atoms with van der Waals surface area (Å²) in [6.45, 7) is 8.48. The Labute approximate surface area is 91.7 Å². The molecule has 1 amide bonds. The molecule has 82 valence electrons. The summed E-state index contributed by atoms with van der Waals surface area (Å²) < 4.78 is 0. The average molecular weight is 205 g/mol. The lowest BCUT2D eigenvalue weighted by atomic mass is 9.91. The molecular formula is C13H19NO. The maximum Gasteiger partial charge on any atom is 0.251 e. The largest absolute Gasteiger partial charge is 0.355 e. The van der Waals surface area contributed by atoms with Gasteiger partial charge in [-0.3, -0.25) is 4.79 Å². The third kappa shape index (κ3) is 2.38. The second-order valence-electron chi connectivity index (χ2n) is 4.26. The molecule has 0 aliphatic carbocycles.